The first-order valence-electron chi connectivity index (χ1n) is 6.29. The summed E-state index contributed by atoms with van der Waals surface area (Å²) in [5, 5.41) is 5.12. The third kappa shape index (κ3) is 5.58. The van der Waals surface area contributed by atoms with E-state index < -0.39 is 10.0 Å². The first-order chi connectivity index (χ1) is 8.99. The molecular formula is C12H22N2O3S2. The molecule has 1 heterocycles. The molecule has 0 aliphatic carbocycles. The van der Waals surface area contributed by atoms with Gasteiger partial charge in [-0.3, -0.25) is 0 Å². The first-order valence-corrected chi connectivity index (χ1v) is 8.65. The van der Waals surface area contributed by atoms with E-state index >= 15 is 0 Å². The lowest BCUT2D eigenvalue weighted by molar-refractivity contribution is 0.180. The molecule has 0 aliphatic heterocycles. The SMILES string of the molecule is CCCNCc1csc(S(=O)(=O)NC(C)COC)c1. The Kier molecular flexibility index (Phi) is 6.95. The molecule has 0 amide bonds. The lowest BCUT2D eigenvalue weighted by Crippen LogP contribution is -2.35. The number of hydrogen-bond donors (Lipinski definition) is 2. The summed E-state index contributed by atoms with van der Waals surface area (Å²) in [5.41, 5.74) is 0.998. The number of hydrogen-bond acceptors (Lipinski definition) is 5. The monoisotopic (exact) mass is 306 g/mol. The maximum absolute atomic E-state index is 12.1. The molecule has 0 fully saturated rings. The van der Waals surface area contributed by atoms with Crippen molar-refractivity contribution in [1.82, 2.24) is 10.0 Å². The van der Waals surface area contributed by atoms with E-state index in [1.54, 1.807) is 20.1 Å². The minimum absolute atomic E-state index is 0.237. The second kappa shape index (κ2) is 7.96. The highest BCUT2D eigenvalue weighted by Gasteiger charge is 2.19. The fourth-order valence-electron chi connectivity index (χ4n) is 1.60. The van der Waals surface area contributed by atoms with Crippen molar-refractivity contribution < 1.29 is 13.2 Å². The Morgan fingerprint density at radius 2 is 2.21 bits per heavy atom. The van der Waals surface area contributed by atoms with Crippen molar-refractivity contribution in [1.29, 1.82) is 0 Å². The second-order valence-electron chi connectivity index (χ2n) is 4.43. The molecule has 1 unspecified atom stereocenters. The quantitative estimate of drug-likeness (QED) is 0.680. The average molecular weight is 306 g/mol. The molecule has 1 rings (SSSR count). The molecule has 1 aromatic rings. The van der Waals surface area contributed by atoms with Crippen molar-refractivity contribution in [3.05, 3.63) is 17.0 Å². The van der Waals surface area contributed by atoms with Gasteiger partial charge in [-0.05, 0) is 36.9 Å². The predicted octanol–water partition coefficient (Wildman–Crippen LogP) is 1.56. The molecule has 0 spiro atoms. The van der Waals surface area contributed by atoms with Gasteiger partial charge in [0.25, 0.3) is 0 Å². The molecule has 0 aliphatic rings. The van der Waals surface area contributed by atoms with E-state index in [1.807, 2.05) is 5.38 Å². The number of thiophene rings is 1. The topological polar surface area (TPSA) is 67.4 Å². The molecular weight excluding hydrogens is 284 g/mol. The van der Waals surface area contributed by atoms with E-state index in [2.05, 4.69) is 17.0 Å². The van der Waals surface area contributed by atoms with E-state index in [4.69, 9.17) is 4.74 Å². The highest BCUT2D eigenvalue weighted by molar-refractivity contribution is 7.91. The summed E-state index contributed by atoms with van der Waals surface area (Å²) in [6, 6.07) is 1.48. The van der Waals surface area contributed by atoms with Crippen molar-refractivity contribution in [3.63, 3.8) is 0 Å². The summed E-state index contributed by atoms with van der Waals surface area (Å²) < 4.78 is 32.0. The standard InChI is InChI=1S/C12H22N2O3S2/c1-4-5-13-7-11-6-12(18-9-11)19(15,16)14-10(2)8-17-3/h6,9-10,13-14H,4-5,7-8H2,1-3H3. The maximum Gasteiger partial charge on any atom is 0.250 e. The van der Waals surface area contributed by atoms with Crippen LogP contribution in [0.4, 0.5) is 0 Å². The van der Waals surface area contributed by atoms with Gasteiger partial charge >= 0.3 is 0 Å². The minimum Gasteiger partial charge on any atom is -0.383 e. The van der Waals surface area contributed by atoms with Crippen molar-refractivity contribution in [3.8, 4) is 0 Å². The predicted molar refractivity (Wildman–Crippen MR) is 78.0 cm³/mol. The largest absolute Gasteiger partial charge is 0.383 e. The average Bonchev–Trinajstić information content (AvgIpc) is 2.78. The molecule has 1 atom stereocenters. The number of ether oxygens (including phenoxy) is 1. The Bertz CT molecular complexity index is 471. The van der Waals surface area contributed by atoms with E-state index in [0.717, 1.165) is 18.5 Å². The third-order valence-electron chi connectivity index (χ3n) is 2.42. The van der Waals surface area contributed by atoms with Crippen LogP contribution in [0.2, 0.25) is 0 Å². The second-order valence-corrected chi connectivity index (χ2v) is 7.28. The highest BCUT2D eigenvalue weighted by Crippen LogP contribution is 2.20. The zero-order valence-corrected chi connectivity index (χ0v) is 13.2. The lowest BCUT2D eigenvalue weighted by atomic mass is 10.3. The third-order valence-corrected chi connectivity index (χ3v) is 5.50. The Balaban J connectivity index is 2.63. The Morgan fingerprint density at radius 3 is 2.84 bits per heavy atom. The molecule has 2 N–H and O–H groups in total. The summed E-state index contributed by atoms with van der Waals surface area (Å²) in [6.07, 6.45) is 1.06. The molecule has 19 heavy (non-hydrogen) atoms. The Morgan fingerprint density at radius 1 is 1.47 bits per heavy atom. The van der Waals surface area contributed by atoms with Crippen molar-refractivity contribution in [2.24, 2.45) is 0 Å². The Hall–Kier alpha value is -0.470. The maximum atomic E-state index is 12.1. The molecule has 0 saturated heterocycles. The molecule has 0 bridgehead atoms. The van der Waals surface area contributed by atoms with Crippen LogP contribution in [0.3, 0.4) is 0 Å². The van der Waals surface area contributed by atoms with Gasteiger partial charge < -0.3 is 10.1 Å². The van der Waals surface area contributed by atoms with Crippen molar-refractivity contribution in [2.45, 2.75) is 37.1 Å². The Labute approximate surface area is 119 Å². The van der Waals surface area contributed by atoms with E-state index in [-0.39, 0.29) is 6.04 Å². The summed E-state index contributed by atoms with van der Waals surface area (Å²) in [7, 11) is -1.88. The van der Waals surface area contributed by atoms with Crippen LogP contribution in [0.15, 0.2) is 15.7 Å². The molecule has 0 aromatic carbocycles. The summed E-state index contributed by atoms with van der Waals surface area (Å²) in [6.45, 7) is 5.86. The van der Waals surface area contributed by atoms with Gasteiger partial charge in [-0.1, -0.05) is 6.92 Å². The van der Waals surface area contributed by atoms with Gasteiger partial charge in [0.15, 0.2) is 0 Å². The van der Waals surface area contributed by atoms with Crippen LogP contribution in [0.1, 0.15) is 25.8 Å². The normalized spacial score (nSPS) is 13.6. The van der Waals surface area contributed by atoms with Crippen molar-refractivity contribution >= 4 is 21.4 Å². The van der Waals surface area contributed by atoms with Crippen LogP contribution in [-0.2, 0) is 21.3 Å². The lowest BCUT2D eigenvalue weighted by Gasteiger charge is -2.11. The molecule has 0 radical (unpaired) electrons. The van der Waals surface area contributed by atoms with Gasteiger partial charge in [-0.15, -0.1) is 11.3 Å². The first kappa shape index (κ1) is 16.6. The zero-order valence-electron chi connectivity index (χ0n) is 11.6. The van der Waals surface area contributed by atoms with Gasteiger partial charge in [0, 0.05) is 19.7 Å². The summed E-state index contributed by atoms with van der Waals surface area (Å²) >= 11 is 1.24. The van der Waals surface area contributed by atoms with Gasteiger partial charge in [-0.2, -0.15) is 0 Å². The summed E-state index contributed by atoms with van der Waals surface area (Å²) in [4.78, 5) is 0. The van der Waals surface area contributed by atoms with Gasteiger partial charge in [-0.25, -0.2) is 13.1 Å². The fourth-order valence-corrected chi connectivity index (χ4v) is 4.06. The van der Waals surface area contributed by atoms with Crippen LogP contribution in [0, 0.1) is 0 Å². The van der Waals surface area contributed by atoms with E-state index in [0.29, 0.717) is 17.4 Å². The van der Waals surface area contributed by atoms with Crippen LogP contribution in [0.25, 0.3) is 0 Å². The van der Waals surface area contributed by atoms with Crippen LogP contribution < -0.4 is 10.0 Å². The molecule has 110 valence electrons. The number of methoxy groups -OCH3 is 1. The van der Waals surface area contributed by atoms with Crippen molar-refractivity contribution in [2.75, 3.05) is 20.3 Å². The van der Waals surface area contributed by atoms with Crippen LogP contribution in [0.5, 0.6) is 0 Å². The van der Waals surface area contributed by atoms with Gasteiger partial charge in [0.1, 0.15) is 4.21 Å². The van der Waals surface area contributed by atoms with Gasteiger partial charge in [0.2, 0.25) is 10.0 Å². The minimum atomic E-state index is -3.43. The smallest absolute Gasteiger partial charge is 0.250 e. The summed E-state index contributed by atoms with van der Waals surface area (Å²) in [5.74, 6) is 0. The van der Waals surface area contributed by atoms with Crippen LogP contribution in [-0.4, -0.2) is 34.7 Å². The van der Waals surface area contributed by atoms with Gasteiger partial charge in [0.05, 0.1) is 6.61 Å². The molecule has 5 nitrogen and oxygen atoms in total. The zero-order chi connectivity index (χ0) is 14.3. The molecule has 7 heteroatoms. The van der Waals surface area contributed by atoms with E-state index in [1.165, 1.54) is 11.3 Å². The number of rotatable bonds is 9. The number of nitrogens with one attached hydrogen (secondary N) is 2. The van der Waals surface area contributed by atoms with Crippen LogP contribution >= 0.6 is 11.3 Å². The molecule has 0 saturated carbocycles. The fraction of sp³-hybridized carbons (Fsp3) is 0.667. The molecule has 1 aromatic heterocycles. The highest BCUT2D eigenvalue weighted by atomic mass is 32.2. The van der Waals surface area contributed by atoms with E-state index in [9.17, 15) is 8.42 Å². The number of sulfonamides is 1.